The fourth-order valence-corrected chi connectivity index (χ4v) is 1.63. The van der Waals surface area contributed by atoms with Gasteiger partial charge in [-0.25, -0.2) is 0 Å². The third kappa shape index (κ3) is 3.32. The Bertz CT molecular complexity index is 149. The topological polar surface area (TPSA) is 18.5 Å². The molecule has 1 fully saturated rings. The fraction of sp³-hybridized carbons (Fsp3) is 1.00. The van der Waals surface area contributed by atoms with Crippen LogP contribution in [0.2, 0.25) is 5.82 Å². The Hall–Kier alpha value is -0.0151. The summed E-state index contributed by atoms with van der Waals surface area (Å²) >= 11 is 0. The Kier molecular flexibility index (Phi) is 3.80. The van der Waals surface area contributed by atoms with E-state index in [4.69, 9.17) is 9.31 Å². The minimum absolute atomic E-state index is 0.0352. The summed E-state index contributed by atoms with van der Waals surface area (Å²) in [6, 6.07) is 0. The van der Waals surface area contributed by atoms with Crippen molar-refractivity contribution in [1.29, 1.82) is 0 Å². The number of rotatable bonds is 3. The van der Waals surface area contributed by atoms with E-state index in [0.717, 1.165) is 13.2 Å². The van der Waals surface area contributed by atoms with Crippen LogP contribution in [0, 0.1) is 5.41 Å². The van der Waals surface area contributed by atoms with Crippen LogP contribution in [0.3, 0.4) is 0 Å². The molecule has 2 nitrogen and oxygen atoms in total. The second-order valence-electron chi connectivity index (χ2n) is 4.92. The van der Waals surface area contributed by atoms with Gasteiger partial charge >= 0.3 is 7.12 Å². The summed E-state index contributed by atoms with van der Waals surface area (Å²) in [5.41, 5.74) is 0.197. The van der Waals surface area contributed by atoms with Crippen LogP contribution in [-0.4, -0.2) is 20.3 Å². The van der Waals surface area contributed by atoms with E-state index < -0.39 is 0 Å². The molecule has 1 saturated heterocycles. The van der Waals surface area contributed by atoms with Crippen molar-refractivity contribution < 1.29 is 9.31 Å². The molecule has 1 heterocycles. The smallest absolute Gasteiger partial charge is 0.410 e. The first-order valence-electron chi connectivity index (χ1n) is 5.28. The molecule has 1 aliphatic heterocycles. The zero-order valence-corrected chi connectivity index (χ0v) is 9.30. The summed E-state index contributed by atoms with van der Waals surface area (Å²) in [4.78, 5) is 0. The minimum Gasteiger partial charge on any atom is -0.410 e. The van der Waals surface area contributed by atoms with Crippen molar-refractivity contribution >= 4 is 7.12 Å². The molecule has 1 unspecified atom stereocenters. The zero-order chi connectivity index (χ0) is 9.90. The van der Waals surface area contributed by atoms with Crippen LogP contribution in [-0.2, 0) is 9.31 Å². The minimum atomic E-state index is 0.0352. The van der Waals surface area contributed by atoms with Crippen LogP contribution >= 0.6 is 0 Å². The summed E-state index contributed by atoms with van der Waals surface area (Å²) in [5.74, 6) is 0.529. The molecule has 13 heavy (non-hydrogen) atoms. The monoisotopic (exact) mass is 184 g/mol. The summed E-state index contributed by atoms with van der Waals surface area (Å²) in [6.07, 6.45) is 2.39. The Morgan fingerprint density at radius 2 is 1.85 bits per heavy atom. The molecule has 0 bridgehead atoms. The highest BCUT2D eigenvalue weighted by Gasteiger charge is 2.35. The van der Waals surface area contributed by atoms with Gasteiger partial charge in [-0.2, -0.15) is 0 Å². The molecular weight excluding hydrogens is 163 g/mol. The Morgan fingerprint density at radius 3 is 2.31 bits per heavy atom. The first-order chi connectivity index (χ1) is 6.05. The molecular formula is C10H21BO2. The van der Waals surface area contributed by atoms with E-state index in [1.807, 2.05) is 0 Å². The van der Waals surface area contributed by atoms with Crippen LogP contribution in [0.15, 0.2) is 0 Å². The maximum Gasteiger partial charge on any atom is 0.459 e. The van der Waals surface area contributed by atoms with Crippen molar-refractivity contribution in [1.82, 2.24) is 0 Å². The molecule has 0 saturated carbocycles. The second-order valence-corrected chi connectivity index (χ2v) is 4.92. The molecule has 0 aromatic carbocycles. The van der Waals surface area contributed by atoms with Gasteiger partial charge in [-0.1, -0.05) is 40.5 Å². The van der Waals surface area contributed by atoms with Gasteiger partial charge in [0.25, 0.3) is 0 Å². The highest BCUT2D eigenvalue weighted by molar-refractivity contribution is 6.46. The quantitative estimate of drug-likeness (QED) is 0.628. The molecule has 0 aromatic heterocycles. The number of hydrogen-bond acceptors (Lipinski definition) is 2. The SMILES string of the molecule is CCCC(C)B1OCC(C)(C)CO1. The predicted molar refractivity (Wildman–Crippen MR) is 55.8 cm³/mol. The van der Waals surface area contributed by atoms with Gasteiger partial charge in [0, 0.05) is 18.6 Å². The Labute approximate surface area is 82.1 Å². The standard InChI is InChI=1S/C10H21BO2/c1-5-6-9(2)11-12-7-10(3,4)8-13-11/h9H,5-8H2,1-4H3. The molecule has 0 aromatic rings. The van der Waals surface area contributed by atoms with Crippen LogP contribution < -0.4 is 0 Å². The molecule has 0 N–H and O–H groups in total. The predicted octanol–water partition coefficient (Wildman–Crippen LogP) is 2.74. The van der Waals surface area contributed by atoms with Crippen molar-refractivity contribution in [3.05, 3.63) is 0 Å². The lowest BCUT2D eigenvalue weighted by Crippen LogP contribution is -2.42. The van der Waals surface area contributed by atoms with Crippen LogP contribution in [0.1, 0.15) is 40.5 Å². The highest BCUT2D eigenvalue weighted by Crippen LogP contribution is 2.27. The van der Waals surface area contributed by atoms with Crippen molar-refractivity contribution in [3.8, 4) is 0 Å². The molecule has 1 aliphatic rings. The van der Waals surface area contributed by atoms with Gasteiger partial charge in [0.2, 0.25) is 0 Å². The lowest BCUT2D eigenvalue weighted by atomic mass is 9.69. The Balaban J connectivity index is 2.32. The summed E-state index contributed by atoms with van der Waals surface area (Å²) < 4.78 is 11.4. The van der Waals surface area contributed by atoms with Crippen LogP contribution in [0.25, 0.3) is 0 Å². The molecule has 0 aliphatic carbocycles. The van der Waals surface area contributed by atoms with Crippen molar-refractivity contribution in [2.24, 2.45) is 5.41 Å². The van der Waals surface area contributed by atoms with Gasteiger partial charge in [-0.15, -0.1) is 0 Å². The van der Waals surface area contributed by atoms with Gasteiger partial charge in [-0.3, -0.25) is 0 Å². The molecule has 76 valence electrons. The average molecular weight is 184 g/mol. The third-order valence-corrected chi connectivity index (χ3v) is 2.49. The van der Waals surface area contributed by atoms with Crippen molar-refractivity contribution in [3.63, 3.8) is 0 Å². The largest absolute Gasteiger partial charge is 0.459 e. The van der Waals surface area contributed by atoms with E-state index in [0.29, 0.717) is 5.82 Å². The average Bonchev–Trinajstić information content (AvgIpc) is 2.04. The second kappa shape index (κ2) is 4.47. The third-order valence-electron chi connectivity index (χ3n) is 2.49. The van der Waals surface area contributed by atoms with Gasteiger partial charge in [-0.05, 0) is 5.82 Å². The lowest BCUT2D eigenvalue weighted by molar-refractivity contribution is 0.0242. The molecule has 0 radical (unpaired) electrons. The van der Waals surface area contributed by atoms with Gasteiger partial charge in [0.15, 0.2) is 0 Å². The highest BCUT2D eigenvalue weighted by atomic mass is 16.6. The van der Waals surface area contributed by atoms with Crippen molar-refractivity contribution in [2.75, 3.05) is 13.2 Å². The van der Waals surface area contributed by atoms with Gasteiger partial charge < -0.3 is 9.31 Å². The van der Waals surface area contributed by atoms with E-state index >= 15 is 0 Å². The number of hydrogen-bond donors (Lipinski definition) is 0. The van der Waals surface area contributed by atoms with E-state index in [2.05, 4.69) is 27.7 Å². The molecule has 1 rings (SSSR count). The molecule has 1 atom stereocenters. The normalized spacial score (nSPS) is 24.5. The summed E-state index contributed by atoms with van der Waals surface area (Å²) in [5, 5.41) is 0. The summed E-state index contributed by atoms with van der Waals surface area (Å²) in [6.45, 7) is 10.4. The van der Waals surface area contributed by atoms with Crippen LogP contribution in [0.5, 0.6) is 0 Å². The fourth-order valence-electron chi connectivity index (χ4n) is 1.63. The molecule has 3 heteroatoms. The first-order valence-corrected chi connectivity index (χ1v) is 5.28. The van der Waals surface area contributed by atoms with E-state index in [9.17, 15) is 0 Å². The lowest BCUT2D eigenvalue weighted by Gasteiger charge is -2.35. The Morgan fingerprint density at radius 1 is 1.31 bits per heavy atom. The molecule has 0 spiro atoms. The first kappa shape index (κ1) is 11.1. The molecule has 0 amide bonds. The van der Waals surface area contributed by atoms with Crippen LogP contribution in [0.4, 0.5) is 0 Å². The van der Waals surface area contributed by atoms with E-state index in [1.165, 1.54) is 12.8 Å². The van der Waals surface area contributed by atoms with Gasteiger partial charge in [0.05, 0.1) is 0 Å². The van der Waals surface area contributed by atoms with Gasteiger partial charge in [0.1, 0.15) is 0 Å². The van der Waals surface area contributed by atoms with Crippen molar-refractivity contribution in [2.45, 2.75) is 46.4 Å². The van der Waals surface area contributed by atoms with E-state index in [-0.39, 0.29) is 12.5 Å². The summed E-state index contributed by atoms with van der Waals surface area (Å²) in [7, 11) is 0.0352. The maximum atomic E-state index is 5.69. The zero-order valence-electron chi connectivity index (χ0n) is 9.30. The maximum absolute atomic E-state index is 5.69. The van der Waals surface area contributed by atoms with E-state index in [1.54, 1.807) is 0 Å².